The molecule has 1 aliphatic rings. The Morgan fingerprint density at radius 3 is 2.58 bits per heavy atom. The van der Waals surface area contributed by atoms with Gasteiger partial charge in [0.25, 0.3) is 0 Å². The van der Waals surface area contributed by atoms with Gasteiger partial charge in [-0.05, 0) is 37.6 Å². The summed E-state index contributed by atoms with van der Waals surface area (Å²) in [4.78, 5) is 0. The first-order valence-electron chi connectivity index (χ1n) is 6.17. The molecule has 1 aromatic carbocycles. The molecule has 1 aliphatic carbocycles. The maximum Gasteiger partial charge on any atom is 0.419 e. The Labute approximate surface area is 108 Å². The fraction of sp³-hybridized carbons (Fsp3) is 0.538. The number of ether oxygens (including phenoxy) is 1. The fourth-order valence-corrected chi connectivity index (χ4v) is 2.10. The summed E-state index contributed by atoms with van der Waals surface area (Å²) in [5, 5.41) is 3.22. The molecule has 0 amide bonds. The van der Waals surface area contributed by atoms with Crippen molar-refractivity contribution < 1.29 is 22.3 Å². The van der Waals surface area contributed by atoms with Crippen LogP contribution in [0.5, 0.6) is 5.75 Å². The van der Waals surface area contributed by atoms with E-state index >= 15 is 0 Å². The van der Waals surface area contributed by atoms with Crippen molar-refractivity contribution in [1.29, 1.82) is 0 Å². The molecule has 0 aliphatic heterocycles. The van der Waals surface area contributed by atoms with E-state index in [2.05, 4.69) is 5.32 Å². The first kappa shape index (κ1) is 14.1. The highest BCUT2D eigenvalue weighted by Crippen LogP contribution is 2.35. The summed E-state index contributed by atoms with van der Waals surface area (Å²) in [6.07, 6.45) is -3.29. The fourth-order valence-electron chi connectivity index (χ4n) is 2.10. The van der Waals surface area contributed by atoms with Crippen LogP contribution in [0.3, 0.4) is 0 Å². The smallest absolute Gasteiger partial charge is 0.419 e. The van der Waals surface area contributed by atoms with Gasteiger partial charge in [0.2, 0.25) is 0 Å². The van der Waals surface area contributed by atoms with Crippen LogP contribution in [-0.2, 0) is 6.18 Å². The Balaban J connectivity index is 1.99. The summed E-state index contributed by atoms with van der Waals surface area (Å²) in [7, 11) is 0. The van der Waals surface area contributed by atoms with Crippen LogP contribution in [0.25, 0.3) is 0 Å². The van der Waals surface area contributed by atoms with E-state index in [-0.39, 0.29) is 11.9 Å². The largest absolute Gasteiger partial charge is 0.490 e. The number of nitrogens with one attached hydrogen (secondary N) is 1. The van der Waals surface area contributed by atoms with Gasteiger partial charge in [0.1, 0.15) is 17.7 Å². The van der Waals surface area contributed by atoms with Crippen molar-refractivity contribution in [3.05, 3.63) is 29.6 Å². The van der Waals surface area contributed by atoms with Gasteiger partial charge in [0.15, 0.2) is 0 Å². The molecule has 0 unspecified atom stereocenters. The third-order valence-corrected chi connectivity index (χ3v) is 3.13. The maximum atomic E-state index is 13.1. The normalized spacial score (nSPS) is 23.0. The van der Waals surface area contributed by atoms with E-state index < -0.39 is 17.6 Å². The zero-order chi connectivity index (χ0) is 14.0. The van der Waals surface area contributed by atoms with E-state index in [9.17, 15) is 17.6 Å². The predicted octanol–water partition coefficient (Wildman–Crippen LogP) is 3.36. The first-order valence-corrected chi connectivity index (χ1v) is 6.17. The zero-order valence-electron chi connectivity index (χ0n) is 10.4. The minimum atomic E-state index is -4.70. The van der Waals surface area contributed by atoms with E-state index in [1.165, 1.54) is 6.07 Å². The minimum Gasteiger partial charge on any atom is -0.490 e. The lowest BCUT2D eigenvalue weighted by molar-refractivity contribution is -0.140. The van der Waals surface area contributed by atoms with E-state index in [1.807, 2.05) is 6.92 Å². The highest BCUT2D eigenvalue weighted by atomic mass is 19.4. The number of alkyl halides is 3. The Morgan fingerprint density at radius 1 is 1.32 bits per heavy atom. The second-order valence-electron chi connectivity index (χ2n) is 4.61. The third kappa shape index (κ3) is 3.37. The van der Waals surface area contributed by atoms with Crippen molar-refractivity contribution in [2.75, 3.05) is 6.54 Å². The predicted molar refractivity (Wildman–Crippen MR) is 62.5 cm³/mol. The summed E-state index contributed by atoms with van der Waals surface area (Å²) < 4.78 is 56.0. The SMILES string of the molecule is CCNC1CC(Oc2ccc(F)c(C(F)(F)F)c2)C1. The summed E-state index contributed by atoms with van der Waals surface area (Å²) >= 11 is 0. The molecular weight excluding hydrogens is 262 g/mol. The van der Waals surface area contributed by atoms with Gasteiger partial charge < -0.3 is 10.1 Å². The van der Waals surface area contributed by atoms with Gasteiger partial charge in [-0.15, -0.1) is 0 Å². The quantitative estimate of drug-likeness (QED) is 0.852. The Bertz CT molecular complexity index is 441. The van der Waals surface area contributed by atoms with Gasteiger partial charge in [0.05, 0.1) is 5.56 Å². The van der Waals surface area contributed by atoms with Gasteiger partial charge in [-0.1, -0.05) is 6.92 Å². The average Bonchev–Trinajstić information content (AvgIpc) is 2.27. The number of hydrogen-bond donors (Lipinski definition) is 1. The van der Waals surface area contributed by atoms with Crippen molar-refractivity contribution in [3.63, 3.8) is 0 Å². The van der Waals surface area contributed by atoms with Crippen LogP contribution in [0.1, 0.15) is 25.3 Å². The molecule has 1 fully saturated rings. The maximum absolute atomic E-state index is 13.1. The van der Waals surface area contributed by atoms with Crippen LogP contribution >= 0.6 is 0 Å². The lowest BCUT2D eigenvalue weighted by Crippen LogP contribution is -2.46. The molecule has 1 aromatic rings. The molecule has 2 nitrogen and oxygen atoms in total. The van der Waals surface area contributed by atoms with E-state index in [1.54, 1.807) is 0 Å². The van der Waals surface area contributed by atoms with Gasteiger partial charge in [0, 0.05) is 6.04 Å². The van der Waals surface area contributed by atoms with Crippen molar-refractivity contribution >= 4 is 0 Å². The average molecular weight is 277 g/mol. The molecule has 1 saturated carbocycles. The second kappa shape index (κ2) is 5.36. The minimum absolute atomic E-state index is 0.0636. The molecule has 19 heavy (non-hydrogen) atoms. The van der Waals surface area contributed by atoms with Crippen LogP contribution in [0.2, 0.25) is 0 Å². The molecule has 0 bridgehead atoms. The summed E-state index contributed by atoms with van der Waals surface area (Å²) in [5.41, 5.74) is -1.28. The van der Waals surface area contributed by atoms with Crippen LogP contribution in [0.4, 0.5) is 17.6 Å². The van der Waals surface area contributed by atoms with E-state index in [0.717, 1.165) is 31.5 Å². The molecule has 0 saturated heterocycles. The Kier molecular flexibility index (Phi) is 3.99. The third-order valence-electron chi connectivity index (χ3n) is 3.13. The molecule has 2 rings (SSSR count). The van der Waals surface area contributed by atoms with Gasteiger partial charge in [-0.3, -0.25) is 0 Å². The second-order valence-corrected chi connectivity index (χ2v) is 4.61. The van der Waals surface area contributed by atoms with Crippen molar-refractivity contribution in [2.24, 2.45) is 0 Å². The molecule has 0 atom stereocenters. The molecule has 0 heterocycles. The molecule has 0 radical (unpaired) electrons. The molecule has 0 aromatic heterocycles. The molecule has 1 N–H and O–H groups in total. The van der Waals surface area contributed by atoms with E-state index in [4.69, 9.17) is 4.74 Å². The number of hydrogen-bond acceptors (Lipinski definition) is 2. The number of halogens is 4. The highest BCUT2D eigenvalue weighted by Gasteiger charge is 2.35. The Hall–Kier alpha value is -1.30. The van der Waals surface area contributed by atoms with Crippen molar-refractivity contribution in [1.82, 2.24) is 5.32 Å². The first-order chi connectivity index (χ1) is 8.90. The van der Waals surface area contributed by atoms with Crippen LogP contribution in [0, 0.1) is 5.82 Å². The summed E-state index contributed by atoms with van der Waals surface area (Å²) in [6.45, 7) is 2.84. The van der Waals surface area contributed by atoms with Gasteiger partial charge in [-0.2, -0.15) is 13.2 Å². The van der Waals surface area contributed by atoms with Gasteiger partial charge >= 0.3 is 6.18 Å². The van der Waals surface area contributed by atoms with Crippen molar-refractivity contribution in [2.45, 2.75) is 38.1 Å². The molecule has 0 spiro atoms. The zero-order valence-corrected chi connectivity index (χ0v) is 10.4. The van der Waals surface area contributed by atoms with Crippen LogP contribution < -0.4 is 10.1 Å². The number of rotatable bonds is 4. The van der Waals surface area contributed by atoms with Gasteiger partial charge in [-0.25, -0.2) is 4.39 Å². The van der Waals surface area contributed by atoms with Crippen LogP contribution in [-0.4, -0.2) is 18.7 Å². The summed E-state index contributed by atoms with van der Waals surface area (Å²) in [5.74, 6) is -1.22. The molecule has 6 heteroatoms. The van der Waals surface area contributed by atoms with Crippen LogP contribution in [0.15, 0.2) is 18.2 Å². The monoisotopic (exact) mass is 277 g/mol. The molecular formula is C13H15F4NO. The Morgan fingerprint density at radius 2 is 2.00 bits per heavy atom. The van der Waals surface area contributed by atoms with E-state index in [0.29, 0.717) is 6.04 Å². The topological polar surface area (TPSA) is 21.3 Å². The lowest BCUT2D eigenvalue weighted by Gasteiger charge is -2.35. The lowest BCUT2D eigenvalue weighted by atomic mass is 9.89. The molecule has 106 valence electrons. The highest BCUT2D eigenvalue weighted by molar-refractivity contribution is 5.32. The van der Waals surface area contributed by atoms with Crippen molar-refractivity contribution in [3.8, 4) is 5.75 Å². The number of benzene rings is 1. The standard InChI is InChI=1S/C13H15F4NO/c1-2-18-8-5-10(6-8)19-9-3-4-12(14)11(7-9)13(15,16)17/h3-4,7-8,10,18H,2,5-6H2,1H3. The summed E-state index contributed by atoms with van der Waals surface area (Å²) in [6, 6.07) is 3.09.